The summed E-state index contributed by atoms with van der Waals surface area (Å²) in [6.45, 7) is 1.46. The Kier molecular flexibility index (Phi) is 4.03. The van der Waals surface area contributed by atoms with Gasteiger partial charge in [0, 0.05) is 26.5 Å². The van der Waals surface area contributed by atoms with Crippen LogP contribution in [0.2, 0.25) is 0 Å². The SMILES string of the molecule is COCCC1(CNc2snc(N)c2S(C)(=O)=O)CC1. The Morgan fingerprint density at radius 1 is 1.53 bits per heavy atom. The molecule has 108 valence electrons. The van der Waals surface area contributed by atoms with Crippen LogP contribution in [0.15, 0.2) is 4.90 Å². The van der Waals surface area contributed by atoms with Crippen molar-refractivity contribution in [3.05, 3.63) is 0 Å². The number of nitrogens with zero attached hydrogens (tertiary/aromatic N) is 1. The van der Waals surface area contributed by atoms with Gasteiger partial charge in [0.15, 0.2) is 15.7 Å². The molecule has 1 aromatic heterocycles. The van der Waals surface area contributed by atoms with Crippen LogP contribution in [0.1, 0.15) is 19.3 Å². The Morgan fingerprint density at radius 2 is 2.21 bits per heavy atom. The fraction of sp³-hybridized carbons (Fsp3) is 0.727. The maximum Gasteiger partial charge on any atom is 0.182 e. The lowest BCUT2D eigenvalue weighted by Gasteiger charge is -2.15. The van der Waals surface area contributed by atoms with Crippen LogP contribution in [0.25, 0.3) is 0 Å². The molecule has 0 aliphatic heterocycles. The summed E-state index contributed by atoms with van der Waals surface area (Å²) in [4.78, 5) is 0.125. The smallest absolute Gasteiger partial charge is 0.182 e. The lowest BCUT2D eigenvalue weighted by molar-refractivity contribution is 0.175. The summed E-state index contributed by atoms with van der Waals surface area (Å²) in [6, 6.07) is 0. The fourth-order valence-corrected chi connectivity index (χ4v) is 4.11. The van der Waals surface area contributed by atoms with E-state index >= 15 is 0 Å². The molecule has 1 aromatic rings. The molecule has 1 aliphatic carbocycles. The van der Waals surface area contributed by atoms with Gasteiger partial charge >= 0.3 is 0 Å². The molecule has 0 atom stereocenters. The van der Waals surface area contributed by atoms with E-state index in [1.807, 2.05) is 0 Å². The largest absolute Gasteiger partial charge is 0.385 e. The number of ether oxygens (including phenoxy) is 1. The van der Waals surface area contributed by atoms with Gasteiger partial charge < -0.3 is 15.8 Å². The first-order valence-corrected chi connectivity index (χ1v) is 8.72. The molecule has 3 N–H and O–H groups in total. The molecule has 1 fully saturated rings. The van der Waals surface area contributed by atoms with Crippen LogP contribution in [0.5, 0.6) is 0 Å². The van der Waals surface area contributed by atoms with Crippen molar-refractivity contribution in [2.45, 2.75) is 24.2 Å². The maximum absolute atomic E-state index is 11.7. The molecule has 0 saturated heterocycles. The molecule has 0 bridgehead atoms. The van der Waals surface area contributed by atoms with Gasteiger partial charge in [0.25, 0.3) is 0 Å². The zero-order chi connectivity index (χ0) is 14.1. The quantitative estimate of drug-likeness (QED) is 0.790. The van der Waals surface area contributed by atoms with Crippen LogP contribution in [-0.4, -0.2) is 39.3 Å². The topological polar surface area (TPSA) is 94.3 Å². The lowest BCUT2D eigenvalue weighted by Crippen LogP contribution is -2.18. The predicted octanol–water partition coefficient (Wildman–Crippen LogP) is 1.36. The van der Waals surface area contributed by atoms with E-state index in [1.165, 1.54) is 0 Å². The van der Waals surface area contributed by atoms with Gasteiger partial charge in [-0.05, 0) is 36.2 Å². The van der Waals surface area contributed by atoms with E-state index in [2.05, 4.69) is 9.69 Å². The number of anilines is 2. The highest BCUT2D eigenvalue weighted by Gasteiger charge is 2.42. The van der Waals surface area contributed by atoms with E-state index in [1.54, 1.807) is 7.11 Å². The minimum atomic E-state index is -3.35. The average Bonchev–Trinajstić information content (AvgIpc) is 2.99. The van der Waals surface area contributed by atoms with Crippen molar-refractivity contribution < 1.29 is 13.2 Å². The normalized spacial score (nSPS) is 17.4. The zero-order valence-corrected chi connectivity index (χ0v) is 12.7. The molecule has 1 saturated carbocycles. The molecule has 0 spiro atoms. The molecule has 8 heteroatoms. The highest BCUT2D eigenvalue weighted by Crippen LogP contribution is 2.49. The number of nitrogen functional groups attached to an aromatic ring is 1. The third-order valence-corrected chi connectivity index (χ3v) is 5.57. The molecule has 6 nitrogen and oxygen atoms in total. The standard InChI is InChI=1S/C11H19N3O3S2/c1-17-6-5-11(3-4-11)7-13-10-8(19(2,15)16)9(12)14-18-10/h13H,3-7H2,1-2H3,(H2,12,14). The third-order valence-electron chi connectivity index (χ3n) is 3.46. The monoisotopic (exact) mass is 305 g/mol. The Balaban J connectivity index is 2.05. The van der Waals surface area contributed by atoms with Crippen LogP contribution in [0.4, 0.5) is 10.8 Å². The van der Waals surface area contributed by atoms with Crippen molar-refractivity contribution in [3.8, 4) is 0 Å². The molecule has 0 radical (unpaired) electrons. The first-order valence-electron chi connectivity index (χ1n) is 6.06. The summed E-state index contributed by atoms with van der Waals surface area (Å²) >= 11 is 1.10. The molecule has 1 heterocycles. The van der Waals surface area contributed by atoms with Crippen LogP contribution in [0.3, 0.4) is 0 Å². The molecular formula is C11H19N3O3S2. The molecule has 0 amide bonds. The first kappa shape index (κ1) is 14.5. The average molecular weight is 305 g/mol. The summed E-state index contributed by atoms with van der Waals surface area (Å²) in [7, 11) is -1.66. The molecular weight excluding hydrogens is 286 g/mol. The van der Waals surface area contributed by atoms with Crippen LogP contribution >= 0.6 is 11.5 Å². The van der Waals surface area contributed by atoms with Gasteiger partial charge in [-0.1, -0.05) is 0 Å². The van der Waals surface area contributed by atoms with Gasteiger partial charge in [0.05, 0.1) is 0 Å². The van der Waals surface area contributed by atoms with E-state index in [0.29, 0.717) is 5.00 Å². The second-order valence-electron chi connectivity index (χ2n) is 5.09. The molecule has 0 aromatic carbocycles. The van der Waals surface area contributed by atoms with Gasteiger partial charge in [-0.25, -0.2) is 8.42 Å². The predicted molar refractivity (Wildman–Crippen MR) is 76.3 cm³/mol. The second kappa shape index (κ2) is 5.26. The number of sulfone groups is 1. The number of rotatable bonds is 7. The minimum Gasteiger partial charge on any atom is -0.385 e. The second-order valence-corrected chi connectivity index (χ2v) is 7.82. The third kappa shape index (κ3) is 3.37. The molecule has 2 rings (SSSR count). The van der Waals surface area contributed by atoms with Crippen molar-refractivity contribution in [2.24, 2.45) is 5.41 Å². The summed E-state index contributed by atoms with van der Waals surface area (Å²) in [6.07, 6.45) is 4.42. The maximum atomic E-state index is 11.7. The van der Waals surface area contributed by atoms with Gasteiger partial charge in [0.1, 0.15) is 9.90 Å². The van der Waals surface area contributed by atoms with E-state index in [0.717, 1.165) is 50.2 Å². The van der Waals surface area contributed by atoms with E-state index < -0.39 is 9.84 Å². The summed E-state index contributed by atoms with van der Waals surface area (Å²) in [5.74, 6) is 0.0803. The Bertz CT molecular complexity index is 550. The number of nitrogens with one attached hydrogen (secondary N) is 1. The molecule has 1 aliphatic rings. The highest BCUT2D eigenvalue weighted by atomic mass is 32.2. The number of aromatic nitrogens is 1. The van der Waals surface area contributed by atoms with Crippen molar-refractivity contribution in [1.29, 1.82) is 0 Å². The first-order chi connectivity index (χ1) is 8.88. The minimum absolute atomic E-state index is 0.0803. The zero-order valence-electron chi connectivity index (χ0n) is 11.1. The van der Waals surface area contributed by atoms with Crippen molar-refractivity contribution >= 4 is 32.2 Å². The Morgan fingerprint density at radius 3 is 2.74 bits per heavy atom. The van der Waals surface area contributed by atoms with E-state index in [-0.39, 0.29) is 16.1 Å². The van der Waals surface area contributed by atoms with Crippen molar-refractivity contribution in [1.82, 2.24) is 4.37 Å². The number of hydrogen-bond acceptors (Lipinski definition) is 7. The lowest BCUT2D eigenvalue weighted by atomic mass is 10.0. The number of hydrogen-bond donors (Lipinski definition) is 2. The number of methoxy groups -OCH3 is 1. The highest BCUT2D eigenvalue weighted by molar-refractivity contribution is 7.91. The van der Waals surface area contributed by atoms with Crippen LogP contribution in [-0.2, 0) is 14.6 Å². The van der Waals surface area contributed by atoms with Crippen molar-refractivity contribution in [2.75, 3.05) is 37.6 Å². The molecule has 0 unspecified atom stereocenters. The summed E-state index contributed by atoms with van der Waals surface area (Å²) < 4.78 is 32.4. The summed E-state index contributed by atoms with van der Waals surface area (Å²) in [5, 5.41) is 3.74. The van der Waals surface area contributed by atoms with E-state index in [9.17, 15) is 8.42 Å². The Labute approximate surface area is 117 Å². The van der Waals surface area contributed by atoms with Crippen LogP contribution in [0, 0.1) is 5.41 Å². The van der Waals surface area contributed by atoms with Crippen molar-refractivity contribution in [3.63, 3.8) is 0 Å². The van der Waals surface area contributed by atoms with Gasteiger partial charge in [-0.15, -0.1) is 0 Å². The van der Waals surface area contributed by atoms with E-state index in [4.69, 9.17) is 10.5 Å². The Hall–Kier alpha value is -0.860. The molecule has 19 heavy (non-hydrogen) atoms. The van der Waals surface area contributed by atoms with Gasteiger partial charge in [-0.3, -0.25) is 0 Å². The van der Waals surface area contributed by atoms with Gasteiger partial charge in [-0.2, -0.15) is 4.37 Å². The van der Waals surface area contributed by atoms with Gasteiger partial charge in [0.2, 0.25) is 0 Å². The van der Waals surface area contributed by atoms with Crippen LogP contribution < -0.4 is 11.1 Å². The fourth-order valence-electron chi connectivity index (χ4n) is 2.04. The summed E-state index contributed by atoms with van der Waals surface area (Å²) in [5.41, 5.74) is 5.86. The number of nitrogens with two attached hydrogens (primary N) is 1.